The summed E-state index contributed by atoms with van der Waals surface area (Å²) in [5, 5.41) is 16.5. The van der Waals surface area contributed by atoms with Crippen LogP contribution in [0, 0.1) is 11.3 Å². The van der Waals surface area contributed by atoms with Crippen LogP contribution in [0.4, 0.5) is 0 Å². The van der Waals surface area contributed by atoms with Crippen LogP contribution in [-0.4, -0.2) is 34.4 Å². The van der Waals surface area contributed by atoms with Gasteiger partial charge in [0.05, 0.1) is 12.7 Å². The van der Waals surface area contributed by atoms with E-state index in [2.05, 4.69) is 26.0 Å². The molecule has 0 aromatic carbocycles. The number of aromatic nitrogens is 3. The molecular formula is C12H19N5O. The summed E-state index contributed by atoms with van der Waals surface area (Å²) in [7, 11) is 0. The second-order valence-electron chi connectivity index (χ2n) is 5.53. The first kappa shape index (κ1) is 11.6. The molecule has 1 aromatic rings. The molecule has 2 heterocycles. The third kappa shape index (κ3) is 2.25. The molecule has 2 aliphatic rings. The fourth-order valence-corrected chi connectivity index (χ4v) is 3.17. The molecule has 6 heteroatoms. The van der Waals surface area contributed by atoms with Gasteiger partial charge in [0.1, 0.15) is 5.69 Å². The molecule has 0 radical (unpaired) electrons. The van der Waals surface area contributed by atoms with Crippen molar-refractivity contribution >= 4 is 5.91 Å². The molecule has 1 saturated heterocycles. The Kier molecular flexibility index (Phi) is 3.03. The van der Waals surface area contributed by atoms with E-state index in [0.29, 0.717) is 12.0 Å². The van der Waals surface area contributed by atoms with E-state index in [1.165, 1.54) is 12.8 Å². The highest BCUT2D eigenvalue weighted by molar-refractivity contribution is 5.79. The molecule has 1 spiro atoms. The van der Waals surface area contributed by atoms with E-state index in [4.69, 9.17) is 0 Å². The van der Waals surface area contributed by atoms with Gasteiger partial charge in [-0.3, -0.25) is 4.79 Å². The Hall–Kier alpha value is -1.43. The number of piperidine rings is 1. The van der Waals surface area contributed by atoms with Crippen LogP contribution >= 0.6 is 0 Å². The van der Waals surface area contributed by atoms with Gasteiger partial charge in [-0.2, -0.15) is 15.4 Å². The summed E-state index contributed by atoms with van der Waals surface area (Å²) in [5.74, 6) is 0.372. The van der Waals surface area contributed by atoms with E-state index in [0.717, 1.165) is 31.6 Å². The maximum atomic E-state index is 12.0. The zero-order valence-electron chi connectivity index (χ0n) is 10.4. The first-order valence-electron chi connectivity index (χ1n) is 6.61. The van der Waals surface area contributed by atoms with Crippen molar-refractivity contribution < 1.29 is 4.79 Å². The molecule has 0 atom stereocenters. The van der Waals surface area contributed by atoms with Crippen molar-refractivity contribution in [1.29, 1.82) is 0 Å². The Bertz CT molecular complexity index is 402. The van der Waals surface area contributed by atoms with Crippen molar-refractivity contribution in [3.63, 3.8) is 0 Å². The molecule has 18 heavy (non-hydrogen) atoms. The van der Waals surface area contributed by atoms with Gasteiger partial charge in [0, 0.05) is 5.92 Å². The maximum absolute atomic E-state index is 12.0. The Morgan fingerprint density at radius 3 is 2.89 bits per heavy atom. The summed E-state index contributed by atoms with van der Waals surface area (Å²) in [5.41, 5.74) is 1.24. The predicted octanol–water partition coefficient (Wildman–Crippen LogP) is 0.201. The molecule has 3 N–H and O–H groups in total. The summed E-state index contributed by atoms with van der Waals surface area (Å²) in [6, 6.07) is 0. The van der Waals surface area contributed by atoms with Crippen LogP contribution in [0.5, 0.6) is 0 Å². The summed E-state index contributed by atoms with van der Waals surface area (Å²) in [6.07, 6.45) is 6.19. The maximum Gasteiger partial charge on any atom is 0.223 e. The first-order valence-corrected chi connectivity index (χ1v) is 6.61. The summed E-state index contributed by atoms with van der Waals surface area (Å²) < 4.78 is 0. The molecule has 6 nitrogen and oxygen atoms in total. The average molecular weight is 249 g/mol. The van der Waals surface area contributed by atoms with E-state index in [1.807, 2.05) is 0 Å². The standard InChI is InChI=1S/C12H19N5O/c18-11(14-7-10-8-15-17-16-10)9-5-12(6-9)1-3-13-4-2-12/h8-9,13H,1-7H2,(H,14,18)(H,15,16,17). The quantitative estimate of drug-likeness (QED) is 0.714. The number of nitrogens with one attached hydrogen (secondary N) is 3. The lowest BCUT2D eigenvalue weighted by atomic mass is 9.57. The normalized spacial score (nSPS) is 22.7. The van der Waals surface area contributed by atoms with Gasteiger partial charge < -0.3 is 10.6 Å². The third-order valence-electron chi connectivity index (χ3n) is 4.30. The number of carbonyl (C=O) groups is 1. The van der Waals surface area contributed by atoms with E-state index in [9.17, 15) is 4.79 Å². The Labute approximate surface area is 106 Å². The largest absolute Gasteiger partial charge is 0.350 e. The summed E-state index contributed by atoms with van der Waals surface area (Å²) in [4.78, 5) is 12.0. The van der Waals surface area contributed by atoms with Gasteiger partial charge in [-0.25, -0.2) is 0 Å². The average Bonchev–Trinajstić information content (AvgIpc) is 2.87. The minimum Gasteiger partial charge on any atom is -0.350 e. The highest BCUT2D eigenvalue weighted by atomic mass is 16.1. The summed E-state index contributed by atoms with van der Waals surface area (Å²) >= 11 is 0. The van der Waals surface area contributed by atoms with Crippen LogP contribution < -0.4 is 10.6 Å². The third-order valence-corrected chi connectivity index (χ3v) is 4.30. The van der Waals surface area contributed by atoms with Gasteiger partial charge in [-0.05, 0) is 44.2 Å². The minimum atomic E-state index is 0.169. The topological polar surface area (TPSA) is 82.7 Å². The van der Waals surface area contributed by atoms with Gasteiger partial charge in [0.2, 0.25) is 5.91 Å². The van der Waals surface area contributed by atoms with Crippen LogP contribution in [0.3, 0.4) is 0 Å². The molecule has 1 saturated carbocycles. The molecule has 98 valence electrons. The van der Waals surface area contributed by atoms with E-state index in [-0.39, 0.29) is 11.8 Å². The van der Waals surface area contributed by atoms with E-state index >= 15 is 0 Å². The van der Waals surface area contributed by atoms with Gasteiger partial charge in [0.15, 0.2) is 0 Å². The molecule has 1 aliphatic carbocycles. The lowest BCUT2D eigenvalue weighted by Gasteiger charge is -2.49. The number of carbonyl (C=O) groups excluding carboxylic acids is 1. The SMILES string of the molecule is O=C(NCc1cn[nH]n1)C1CC2(CCNCC2)C1. The molecule has 1 aliphatic heterocycles. The van der Waals surface area contributed by atoms with Crippen molar-refractivity contribution in [1.82, 2.24) is 26.0 Å². The van der Waals surface area contributed by atoms with Crippen LogP contribution in [0.15, 0.2) is 6.20 Å². The molecule has 1 amide bonds. The number of hydrogen-bond donors (Lipinski definition) is 3. The van der Waals surface area contributed by atoms with Crippen LogP contribution in [-0.2, 0) is 11.3 Å². The van der Waals surface area contributed by atoms with E-state index < -0.39 is 0 Å². The molecule has 1 aromatic heterocycles. The van der Waals surface area contributed by atoms with E-state index in [1.54, 1.807) is 6.20 Å². The highest BCUT2D eigenvalue weighted by Gasteiger charge is 2.47. The Morgan fingerprint density at radius 2 is 2.22 bits per heavy atom. The zero-order chi connectivity index (χ0) is 12.4. The smallest absolute Gasteiger partial charge is 0.223 e. The van der Waals surface area contributed by atoms with Crippen molar-refractivity contribution in [2.24, 2.45) is 11.3 Å². The molecular weight excluding hydrogens is 230 g/mol. The number of aromatic amines is 1. The molecule has 2 fully saturated rings. The van der Waals surface area contributed by atoms with Gasteiger partial charge in [0.25, 0.3) is 0 Å². The lowest BCUT2D eigenvalue weighted by Crippen LogP contribution is -2.50. The Balaban J connectivity index is 1.45. The van der Waals surface area contributed by atoms with Gasteiger partial charge >= 0.3 is 0 Å². The predicted molar refractivity (Wildman–Crippen MR) is 65.5 cm³/mol. The number of nitrogens with zero attached hydrogens (tertiary/aromatic N) is 2. The van der Waals surface area contributed by atoms with Gasteiger partial charge in [-0.15, -0.1) is 0 Å². The van der Waals surface area contributed by atoms with Crippen molar-refractivity contribution in [2.45, 2.75) is 32.2 Å². The first-order chi connectivity index (χ1) is 8.77. The van der Waals surface area contributed by atoms with Crippen molar-refractivity contribution in [3.05, 3.63) is 11.9 Å². The monoisotopic (exact) mass is 249 g/mol. The fourth-order valence-electron chi connectivity index (χ4n) is 3.17. The second-order valence-corrected chi connectivity index (χ2v) is 5.53. The lowest BCUT2D eigenvalue weighted by molar-refractivity contribution is -0.134. The zero-order valence-corrected chi connectivity index (χ0v) is 10.4. The molecule has 3 rings (SSSR count). The second kappa shape index (κ2) is 4.68. The number of rotatable bonds is 3. The number of H-pyrrole nitrogens is 1. The number of hydrogen-bond acceptors (Lipinski definition) is 4. The van der Waals surface area contributed by atoms with Gasteiger partial charge in [-0.1, -0.05) is 0 Å². The summed E-state index contributed by atoms with van der Waals surface area (Å²) in [6.45, 7) is 2.68. The van der Waals surface area contributed by atoms with Crippen molar-refractivity contribution in [2.75, 3.05) is 13.1 Å². The molecule has 0 bridgehead atoms. The number of amides is 1. The molecule has 0 unspecified atom stereocenters. The van der Waals surface area contributed by atoms with Crippen LogP contribution in [0.2, 0.25) is 0 Å². The fraction of sp³-hybridized carbons (Fsp3) is 0.750. The Morgan fingerprint density at radius 1 is 1.44 bits per heavy atom. The van der Waals surface area contributed by atoms with Crippen molar-refractivity contribution in [3.8, 4) is 0 Å². The highest BCUT2D eigenvalue weighted by Crippen LogP contribution is 2.51. The minimum absolute atomic E-state index is 0.169. The van der Waals surface area contributed by atoms with Crippen LogP contribution in [0.25, 0.3) is 0 Å². The van der Waals surface area contributed by atoms with Crippen LogP contribution in [0.1, 0.15) is 31.4 Å².